The van der Waals surface area contributed by atoms with Crippen molar-refractivity contribution in [2.24, 2.45) is 17.6 Å². The van der Waals surface area contributed by atoms with Crippen LogP contribution in [0.4, 0.5) is 0 Å². The van der Waals surface area contributed by atoms with Gasteiger partial charge in [0.15, 0.2) is 0 Å². The van der Waals surface area contributed by atoms with Gasteiger partial charge >= 0.3 is 0 Å². The Hall–Kier alpha value is -0.610. The molecule has 0 aromatic rings. The van der Waals surface area contributed by atoms with Gasteiger partial charge in [-0.2, -0.15) is 0 Å². The first kappa shape index (κ1) is 13.8. The lowest BCUT2D eigenvalue weighted by Gasteiger charge is -2.33. The zero-order valence-corrected chi connectivity index (χ0v) is 11.6. The van der Waals surface area contributed by atoms with E-state index in [1.807, 2.05) is 11.9 Å². The van der Waals surface area contributed by atoms with E-state index in [0.29, 0.717) is 5.92 Å². The summed E-state index contributed by atoms with van der Waals surface area (Å²) in [5, 5.41) is 0. The third-order valence-corrected chi connectivity index (χ3v) is 4.21. The van der Waals surface area contributed by atoms with Crippen molar-refractivity contribution in [1.82, 2.24) is 4.90 Å². The van der Waals surface area contributed by atoms with Gasteiger partial charge in [0.05, 0.1) is 6.10 Å². The Morgan fingerprint density at radius 3 is 2.78 bits per heavy atom. The number of ether oxygens (including phenoxy) is 1. The second-order valence-electron chi connectivity index (χ2n) is 6.12. The summed E-state index contributed by atoms with van der Waals surface area (Å²) in [6.07, 6.45) is 5.34. The first-order chi connectivity index (χ1) is 8.56. The number of nitrogens with two attached hydrogens (primary N) is 1. The molecule has 2 aliphatic rings. The fourth-order valence-corrected chi connectivity index (χ4v) is 3.35. The van der Waals surface area contributed by atoms with Gasteiger partial charge in [-0.05, 0) is 38.0 Å². The molecule has 18 heavy (non-hydrogen) atoms. The molecule has 1 heterocycles. The Labute approximate surface area is 110 Å². The van der Waals surface area contributed by atoms with E-state index in [9.17, 15) is 4.79 Å². The van der Waals surface area contributed by atoms with Gasteiger partial charge < -0.3 is 15.4 Å². The van der Waals surface area contributed by atoms with E-state index in [1.165, 1.54) is 0 Å². The van der Waals surface area contributed by atoms with Crippen LogP contribution in [-0.2, 0) is 9.53 Å². The average Bonchev–Trinajstić information content (AvgIpc) is 2.79. The Bertz CT molecular complexity index is 280. The summed E-state index contributed by atoms with van der Waals surface area (Å²) < 4.78 is 5.58. The lowest BCUT2D eigenvalue weighted by atomic mass is 9.79. The maximum absolute atomic E-state index is 12.4. The Balaban J connectivity index is 1.85. The Morgan fingerprint density at radius 2 is 2.17 bits per heavy atom. The smallest absolute Gasteiger partial charge is 0.225 e. The largest absolute Gasteiger partial charge is 0.376 e. The van der Waals surface area contributed by atoms with Gasteiger partial charge in [-0.15, -0.1) is 0 Å². The van der Waals surface area contributed by atoms with Crippen LogP contribution in [-0.4, -0.2) is 43.2 Å². The predicted octanol–water partition coefficient (Wildman–Crippen LogP) is 1.39. The standard InChI is InChI=1S/C14H26N2O2/c1-10-6-11(8-12(15)7-10)14(17)16(2)9-13-4-3-5-18-13/h10-13H,3-9,15H2,1-2H3. The highest BCUT2D eigenvalue weighted by Crippen LogP contribution is 2.29. The molecule has 1 saturated carbocycles. The van der Waals surface area contributed by atoms with E-state index in [1.54, 1.807) is 0 Å². The van der Waals surface area contributed by atoms with Crippen LogP contribution in [0.15, 0.2) is 0 Å². The molecule has 0 spiro atoms. The molecule has 1 aliphatic carbocycles. The quantitative estimate of drug-likeness (QED) is 0.828. The van der Waals surface area contributed by atoms with Crippen LogP contribution in [0.5, 0.6) is 0 Å². The van der Waals surface area contributed by atoms with Crippen LogP contribution < -0.4 is 5.73 Å². The second kappa shape index (κ2) is 6.02. The lowest BCUT2D eigenvalue weighted by Crippen LogP contribution is -2.43. The van der Waals surface area contributed by atoms with Crippen molar-refractivity contribution in [3.8, 4) is 0 Å². The summed E-state index contributed by atoms with van der Waals surface area (Å²) in [5.74, 6) is 0.946. The van der Waals surface area contributed by atoms with E-state index in [-0.39, 0.29) is 24.0 Å². The van der Waals surface area contributed by atoms with Gasteiger partial charge in [0, 0.05) is 32.2 Å². The Morgan fingerprint density at radius 1 is 1.39 bits per heavy atom. The van der Waals surface area contributed by atoms with Crippen LogP contribution in [0.2, 0.25) is 0 Å². The molecule has 2 fully saturated rings. The van der Waals surface area contributed by atoms with Gasteiger partial charge in [0.2, 0.25) is 5.91 Å². The van der Waals surface area contributed by atoms with Gasteiger partial charge in [-0.1, -0.05) is 6.92 Å². The van der Waals surface area contributed by atoms with E-state index in [0.717, 1.165) is 45.3 Å². The first-order valence-corrected chi connectivity index (χ1v) is 7.18. The number of carbonyl (C=O) groups excluding carboxylic acids is 1. The van der Waals surface area contributed by atoms with E-state index in [4.69, 9.17) is 10.5 Å². The number of nitrogens with zero attached hydrogens (tertiary/aromatic N) is 1. The molecule has 2 N–H and O–H groups in total. The van der Waals surface area contributed by atoms with Crippen LogP contribution in [0, 0.1) is 11.8 Å². The molecule has 1 saturated heterocycles. The lowest BCUT2D eigenvalue weighted by molar-refractivity contribution is -0.137. The molecule has 0 aromatic heterocycles. The maximum atomic E-state index is 12.4. The minimum absolute atomic E-state index is 0.121. The molecule has 4 atom stereocenters. The van der Waals surface area contributed by atoms with Crippen LogP contribution in [0.1, 0.15) is 39.0 Å². The fourth-order valence-electron chi connectivity index (χ4n) is 3.35. The van der Waals surface area contributed by atoms with Crippen molar-refractivity contribution in [3.63, 3.8) is 0 Å². The summed E-state index contributed by atoms with van der Waals surface area (Å²) in [7, 11) is 1.90. The first-order valence-electron chi connectivity index (χ1n) is 7.18. The number of hydrogen-bond donors (Lipinski definition) is 1. The normalized spacial score (nSPS) is 36.6. The van der Waals surface area contributed by atoms with E-state index in [2.05, 4.69) is 6.92 Å². The zero-order valence-electron chi connectivity index (χ0n) is 11.6. The van der Waals surface area contributed by atoms with Crippen molar-refractivity contribution in [2.45, 2.75) is 51.2 Å². The topological polar surface area (TPSA) is 55.6 Å². The number of hydrogen-bond acceptors (Lipinski definition) is 3. The minimum Gasteiger partial charge on any atom is -0.376 e. The van der Waals surface area contributed by atoms with Crippen LogP contribution >= 0.6 is 0 Å². The molecule has 1 aliphatic heterocycles. The highest BCUT2D eigenvalue weighted by Gasteiger charge is 2.32. The molecule has 0 bridgehead atoms. The highest BCUT2D eigenvalue weighted by atomic mass is 16.5. The third kappa shape index (κ3) is 3.45. The molecule has 4 unspecified atom stereocenters. The van der Waals surface area contributed by atoms with Crippen molar-refractivity contribution in [1.29, 1.82) is 0 Å². The minimum atomic E-state index is 0.121. The molecule has 104 valence electrons. The van der Waals surface area contributed by atoms with Crippen molar-refractivity contribution in [2.75, 3.05) is 20.2 Å². The van der Waals surface area contributed by atoms with Crippen molar-refractivity contribution < 1.29 is 9.53 Å². The third-order valence-electron chi connectivity index (χ3n) is 4.21. The molecule has 1 amide bonds. The van der Waals surface area contributed by atoms with Gasteiger partial charge in [0.25, 0.3) is 0 Å². The highest BCUT2D eigenvalue weighted by molar-refractivity contribution is 5.78. The molecular weight excluding hydrogens is 228 g/mol. The summed E-state index contributed by atoms with van der Waals surface area (Å²) in [5.41, 5.74) is 6.02. The number of rotatable bonds is 3. The summed E-state index contributed by atoms with van der Waals surface area (Å²) in [6.45, 7) is 3.77. The summed E-state index contributed by atoms with van der Waals surface area (Å²) in [4.78, 5) is 14.2. The molecule has 0 radical (unpaired) electrons. The van der Waals surface area contributed by atoms with Crippen LogP contribution in [0.3, 0.4) is 0 Å². The second-order valence-corrected chi connectivity index (χ2v) is 6.12. The molecule has 4 nitrogen and oxygen atoms in total. The monoisotopic (exact) mass is 254 g/mol. The molecular formula is C14H26N2O2. The zero-order chi connectivity index (χ0) is 13.1. The SMILES string of the molecule is CC1CC(N)CC(C(=O)N(C)CC2CCCO2)C1. The number of carbonyl (C=O) groups is 1. The van der Waals surface area contributed by atoms with E-state index < -0.39 is 0 Å². The summed E-state index contributed by atoms with van der Waals surface area (Å²) in [6, 6.07) is 0.193. The van der Waals surface area contributed by atoms with Crippen LogP contribution in [0.25, 0.3) is 0 Å². The van der Waals surface area contributed by atoms with Gasteiger partial charge in [-0.3, -0.25) is 4.79 Å². The van der Waals surface area contributed by atoms with Crippen molar-refractivity contribution >= 4 is 5.91 Å². The number of amides is 1. The maximum Gasteiger partial charge on any atom is 0.225 e. The molecule has 4 heteroatoms. The predicted molar refractivity (Wildman–Crippen MR) is 71.1 cm³/mol. The van der Waals surface area contributed by atoms with Gasteiger partial charge in [0.1, 0.15) is 0 Å². The fraction of sp³-hybridized carbons (Fsp3) is 0.929. The van der Waals surface area contributed by atoms with Crippen molar-refractivity contribution in [3.05, 3.63) is 0 Å². The summed E-state index contributed by atoms with van der Waals surface area (Å²) >= 11 is 0. The molecule has 2 rings (SSSR count). The number of likely N-dealkylation sites (N-methyl/N-ethyl adjacent to an activating group) is 1. The van der Waals surface area contributed by atoms with E-state index >= 15 is 0 Å². The average molecular weight is 254 g/mol. The Kier molecular flexibility index (Phi) is 4.62. The molecule has 0 aromatic carbocycles. The van der Waals surface area contributed by atoms with Gasteiger partial charge in [-0.25, -0.2) is 0 Å².